The molecule has 0 unspecified atom stereocenters. The molecule has 0 aliphatic carbocycles. The first-order valence-corrected chi connectivity index (χ1v) is 6.25. The minimum Gasteiger partial charge on any atom is -0.354 e. The third-order valence-corrected chi connectivity index (χ3v) is 3.70. The van der Waals surface area contributed by atoms with Gasteiger partial charge in [0.1, 0.15) is 0 Å². The summed E-state index contributed by atoms with van der Waals surface area (Å²) >= 11 is 23.7. The number of benzene rings is 2. The number of hydrogen-bond acceptors (Lipinski definition) is 1. The summed E-state index contributed by atoms with van der Waals surface area (Å²) in [4.78, 5) is 0. The summed E-state index contributed by atoms with van der Waals surface area (Å²) < 4.78 is 0. The third-order valence-electron chi connectivity index (χ3n) is 2.16. The summed E-state index contributed by atoms with van der Waals surface area (Å²) in [5, 5.41) is 4.98. The van der Waals surface area contributed by atoms with Crippen LogP contribution in [0.4, 0.5) is 11.4 Å². The fourth-order valence-corrected chi connectivity index (χ4v) is 2.02. The van der Waals surface area contributed by atoms with Gasteiger partial charge < -0.3 is 5.32 Å². The minimum atomic E-state index is 0.340. The largest absolute Gasteiger partial charge is 0.354 e. The highest BCUT2D eigenvalue weighted by atomic mass is 35.5. The van der Waals surface area contributed by atoms with Crippen LogP contribution in [0.15, 0.2) is 36.4 Å². The highest BCUT2D eigenvalue weighted by Crippen LogP contribution is 2.36. The molecule has 0 bridgehead atoms. The van der Waals surface area contributed by atoms with Crippen LogP contribution in [0.1, 0.15) is 0 Å². The second-order valence-corrected chi connectivity index (χ2v) is 4.95. The van der Waals surface area contributed by atoms with Gasteiger partial charge in [0.15, 0.2) is 0 Å². The average Bonchev–Trinajstić information content (AvgIpc) is 2.33. The van der Waals surface area contributed by atoms with Crippen LogP contribution in [-0.2, 0) is 0 Å². The molecule has 2 aromatic carbocycles. The van der Waals surface area contributed by atoms with Crippen LogP contribution in [0.3, 0.4) is 0 Å². The molecule has 0 spiro atoms. The lowest BCUT2D eigenvalue weighted by molar-refractivity contribution is 1.55. The first-order valence-electron chi connectivity index (χ1n) is 4.74. The molecule has 2 aromatic rings. The summed E-state index contributed by atoms with van der Waals surface area (Å²) in [6, 6.07) is 10.7. The van der Waals surface area contributed by atoms with Gasteiger partial charge in [-0.15, -0.1) is 0 Å². The van der Waals surface area contributed by atoms with E-state index in [2.05, 4.69) is 5.32 Å². The molecule has 0 amide bonds. The number of anilines is 2. The Morgan fingerprint density at radius 1 is 0.706 bits per heavy atom. The molecule has 0 fully saturated rings. The molecule has 0 aromatic heterocycles. The van der Waals surface area contributed by atoms with Gasteiger partial charge in [0.25, 0.3) is 0 Å². The van der Waals surface area contributed by atoms with Crippen LogP contribution < -0.4 is 5.32 Å². The van der Waals surface area contributed by atoms with E-state index in [1.165, 1.54) is 0 Å². The molecule has 1 N–H and O–H groups in total. The summed E-state index contributed by atoms with van der Waals surface area (Å²) in [5.41, 5.74) is 1.57. The van der Waals surface area contributed by atoms with Crippen LogP contribution in [0, 0.1) is 0 Å². The van der Waals surface area contributed by atoms with E-state index in [9.17, 15) is 0 Å². The van der Waals surface area contributed by atoms with Gasteiger partial charge in [-0.3, -0.25) is 0 Å². The van der Waals surface area contributed by atoms with E-state index >= 15 is 0 Å². The van der Waals surface area contributed by atoms with Crippen LogP contribution in [0.25, 0.3) is 0 Å². The number of rotatable bonds is 2. The van der Waals surface area contributed by atoms with E-state index in [0.717, 1.165) is 5.69 Å². The maximum absolute atomic E-state index is 6.07. The molecule has 0 atom stereocenters. The topological polar surface area (TPSA) is 12.0 Å². The lowest BCUT2D eigenvalue weighted by Gasteiger charge is -2.10. The van der Waals surface area contributed by atoms with Gasteiger partial charge in [-0.25, -0.2) is 0 Å². The Kier molecular flexibility index (Phi) is 4.05. The van der Waals surface area contributed by atoms with Gasteiger partial charge in [0.2, 0.25) is 0 Å². The molecular formula is C12H7Cl4N. The summed E-state index contributed by atoms with van der Waals surface area (Å²) in [6.45, 7) is 0. The third kappa shape index (κ3) is 2.99. The van der Waals surface area contributed by atoms with Crippen LogP contribution in [0.5, 0.6) is 0 Å². The maximum Gasteiger partial charge on any atom is 0.0842 e. The smallest absolute Gasteiger partial charge is 0.0842 e. The minimum absolute atomic E-state index is 0.340. The van der Waals surface area contributed by atoms with Crippen LogP contribution >= 0.6 is 46.4 Å². The molecule has 0 aliphatic rings. The van der Waals surface area contributed by atoms with E-state index in [0.29, 0.717) is 25.8 Å². The zero-order chi connectivity index (χ0) is 12.4. The molecule has 2 rings (SSSR count). The van der Waals surface area contributed by atoms with E-state index in [1.807, 2.05) is 12.1 Å². The fraction of sp³-hybridized carbons (Fsp3) is 0. The molecule has 0 saturated carbocycles. The standard InChI is InChI=1S/C12H7Cl4N/c13-7-1-3-8(4-2-7)17-10-6-5-9(14)11(15)12(10)16/h1-6,17H. The van der Waals surface area contributed by atoms with Crippen molar-refractivity contribution in [2.45, 2.75) is 0 Å². The SMILES string of the molecule is Clc1ccc(Nc2ccc(Cl)c(Cl)c2Cl)cc1. The lowest BCUT2D eigenvalue weighted by atomic mass is 10.2. The molecule has 0 saturated heterocycles. The van der Waals surface area contributed by atoms with Crippen molar-refractivity contribution < 1.29 is 0 Å². The van der Waals surface area contributed by atoms with E-state index < -0.39 is 0 Å². The van der Waals surface area contributed by atoms with Crippen LogP contribution in [-0.4, -0.2) is 0 Å². The van der Waals surface area contributed by atoms with Gasteiger partial charge in [0, 0.05) is 10.7 Å². The zero-order valence-electron chi connectivity index (χ0n) is 8.48. The van der Waals surface area contributed by atoms with Crippen molar-refractivity contribution in [2.24, 2.45) is 0 Å². The zero-order valence-corrected chi connectivity index (χ0v) is 11.5. The molecule has 1 nitrogen and oxygen atoms in total. The normalized spacial score (nSPS) is 10.4. The maximum atomic E-state index is 6.07. The lowest BCUT2D eigenvalue weighted by Crippen LogP contribution is -1.91. The predicted octanol–water partition coefficient (Wildman–Crippen LogP) is 6.04. The van der Waals surface area contributed by atoms with Gasteiger partial charge in [-0.1, -0.05) is 46.4 Å². The molecular weight excluding hydrogens is 300 g/mol. The molecule has 0 aliphatic heterocycles. The molecule has 17 heavy (non-hydrogen) atoms. The average molecular weight is 307 g/mol. The van der Waals surface area contributed by atoms with E-state index in [4.69, 9.17) is 46.4 Å². The van der Waals surface area contributed by atoms with Crippen molar-refractivity contribution >= 4 is 57.8 Å². The van der Waals surface area contributed by atoms with Crippen molar-refractivity contribution in [1.82, 2.24) is 0 Å². The Hall–Kier alpha value is -0.600. The summed E-state index contributed by atoms with van der Waals surface area (Å²) in [6.07, 6.45) is 0. The Morgan fingerprint density at radius 3 is 2.00 bits per heavy atom. The van der Waals surface area contributed by atoms with Crippen molar-refractivity contribution in [3.63, 3.8) is 0 Å². The van der Waals surface area contributed by atoms with Crippen molar-refractivity contribution in [3.05, 3.63) is 56.5 Å². The van der Waals surface area contributed by atoms with E-state index in [1.54, 1.807) is 24.3 Å². The Balaban J connectivity index is 2.30. The molecule has 5 heteroatoms. The van der Waals surface area contributed by atoms with Crippen LogP contribution in [0.2, 0.25) is 20.1 Å². The first-order chi connectivity index (χ1) is 8.08. The molecule has 0 heterocycles. The highest BCUT2D eigenvalue weighted by molar-refractivity contribution is 6.49. The van der Waals surface area contributed by atoms with Gasteiger partial charge in [-0.2, -0.15) is 0 Å². The fourth-order valence-electron chi connectivity index (χ4n) is 1.31. The predicted molar refractivity (Wildman–Crippen MR) is 76.2 cm³/mol. The second kappa shape index (κ2) is 5.36. The molecule has 0 radical (unpaired) electrons. The van der Waals surface area contributed by atoms with Gasteiger partial charge >= 0.3 is 0 Å². The molecule has 88 valence electrons. The number of hydrogen-bond donors (Lipinski definition) is 1. The van der Waals surface area contributed by atoms with Crippen molar-refractivity contribution in [3.8, 4) is 0 Å². The van der Waals surface area contributed by atoms with E-state index in [-0.39, 0.29) is 0 Å². The number of halogens is 4. The second-order valence-electron chi connectivity index (χ2n) is 3.35. The Morgan fingerprint density at radius 2 is 1.35 bits per heavy atom. The van der Waals surface area contributed by atoms with Crippen molar-refractivity contribution in [1.29, 1.82) is 0 Å². The monoisotopic (exact) mass is 305 g/mol. The number of nitrogens with one attached hydrogen (secondary N) is 1. The van der Waals surface area contributed by atoms with Gasteiger partial charge in [0.05, 0.1) is 20.8 Å². The Bertz CT molecular complexity index is 537. The van der Waals surface area contributed by atoms with Gasteiger partial charge in [-0.05, 0) is 36.4 Å². The van der Waals surface area contributed by atoms with Crippen molar-refractivity contribution in [2.75, 3.05) is 5.32 Å². The summed E-state index contributed by atoms with van der Waals surface area (Å²) in [5.74, 6) is 0. The summed E-state index contributed by atoms with van der Waals surface area (Å²) in [7, 11) is 0. The highest BCUT2D eigenvalue weighted by Gasteiger charge is 2.08. The first kappa shape index (κ1) is 12.8. The quantitative estimate of drug-likeness (QED) is 0.666. The Labute approximate surface area is 119 Å².